The van der Waals surface area contributed by atoms with Crippen molar-refractivity contribution in [2.45, 2.75) is 45.6 Å². The lowest BCUT2D eigenvalue weighted by Crippen LogP contribution is -2.19. The summed E-state index contributed by atoms with van der Waals surface area (Å²) in [5, 5.41) is 0. The molecule has 0 radical (unpaired) electrons. The molecule has 2 rings (SSSR count). The molecule has 0 spiro atoms. The van der Waals surface area contributed by atoms with E-state index in [1.807, 2.05) is 13.8 Å². The Bertz CT molecular complexity index is 747. The normalized spacial score (nSPS) is 14.0. The van der Waals surface area contributed by atoms with Crippen molar-refractivity contribution in [1.82, 2.24) is 0 Å². The molecule has 1 atom stereocenters. The Morgan fingerprint density at radius 2 is 1.65 bits per heavy atom. The number of fused-ring (bicyclic) bond motifs is 1. The van der Waals surface area contributed by atoms with E-state index in [1.54, 1.807) is 6.07 Å². The zero-order valence-corrected chi connectivity index (χ0v) is 15.6. The first-order valence-electron chi connectivity index (χ1n) is 8.73. The monoisotopic (exact) mass is 360 g/mol. The second kappa shape index (κ2) is 8.65. The van der Waals surface area contributed by atoms with Crippen molar-refractivity contribution < 1.29 is 28.6 Å². The summed E-state index contributed by atoms with van der Waals surface area (Å²) in [5.74, 6) is -0.451. The highest BCUT2D eigenvalue weighted by molar-refractivity contribution is 6.24. The minimum absolute atomic E-state index is 0.155. The van der Waals surface area contributed by atoms with Gasteiger partial charge in [0, 0.05) is 12.0 Å². The molecule has 0 bridgehead atoms. The van der Waals surface area contributed by atoms with E-state index in [1.165, 1.54) is 26.4 Å². The van der Waals surface area contributed by atoms with Crippen LogP contribution >= 0.6 is 0 Å². The van der Waals surface area contributed by atoms with Crippen LogP contribution in [0.3, 0.4) is 0 Å². The van der Waals surface area contributed by atoms with Crippen LogP contribution in [-0.4, -0.2) is 31.8 Å². The van der Waals surface area contributed by atoms with E-state index in [0.29, 0.717) is 24.8 Å². The molecule has 140 valence electrons. The molecule has 0 saturated carbocycles. The van der Waals surface area contributed by atoms with E-state index in [4.69, 9.17) is 14.2 Å². The molecule has 26 heavy (non-hydrogen) atoms. The molecule has 6 nitrogen and oxygen atoms in total. The van der Waals surface area contributed by atoms with Crippen LogP contribution in [-0.2, 0) is 9.53 Å². The maximum atomic E-state index is 12.5. The van der Waals surface area contributed by atoms with Gasteiger partial charge in [-0.15, -0.1) is 0 Å². The van der Waals surface area contributed by atoms with Gasteiger partial charge in [-0.3, -0.25) is 14.4 Å². The molecule has 1 aromatic rings. The molecule has 1 unspecified atom stereocenters. The van der Waals surface area contributed by atoms with Gasteiger partial charge in [0.2, 0.25) is 0 Å². The average molecular weight is 360 g/mol. The molecule has 0 aliphatic heterocycles. The molecule has 0 saturated heterocycles. The number of carbonyl (C=O) groups excluding carboxylic acids is 3. The number of benzene rings is 1. The van der Waals surface area contributed by atoms with Crippen LogP contribution < -0.4 is 9.47 Å². The van der Waals surface area contributed by atoms with Crippen LogP contribution in [0, 0.1) is 0 Å². The fourth-order valence-electron chi connectivity index (χ4n) is 3.04. The molecular weight excluding hydrogens is 336 g/mol. The quantitative estimate of drug-likeness (QED) is 0.656. The summed E-state index contributed by atoms with van der Waals surface area (Å²) in [6, 6.07) is 1.63. The molecule has 1 aliphatic rings. The van der Waals surface area contributed by atoms with Gasteiger partial charge >= 0.3 is 5.97 Å². The number of esters is 1. The summed E-state index contributed by atoms with van der Waals surface area (Å²) in [6.45, 7) is 3.87. The third-order valence-corrected chi connectivity index (χ3v) is 4.20. The lowest BCUT2D eigenvalue weighted by molar-refractivity contribution is -0.150. The SMILES string of the molecule is CCCC(=O)OC(CCC)c1cc(OC)c2c(c1OC)C(=O)C=CC2=O. The summed E-state index contributed by atoms with van der Waals surface area (Å²) in [6.07, 6.45) is 4.17. The van der Waals surface area contributed by atoms with Crippen molar-refractivity contribution in [3.8, 4) is 11.5 Å². The standard InChI is InChI=1S/C20H24O6/c1-5-7-15(26-17(23)8-6-2)12-11-16(24-3)18-13(21)9-10-14(22)19(18)20(12)25-4/h9-11,15H,5-8H2,1-4H3. The van der Waals surface area contributed by atoms with Gasteiger partial charge in [-0.1, -0.05) is 20.3 Å². The van der Waals surface area contributed by atoms with Gasteiger partial charge in [-0.25, -0.2) is 0 Å². The van der Waals surface area contributed by atoms with Crippen LogP contribution in [0.1, 0.15) is 71.9 Å². The summed E-state index contributed by atoms with van der Waals surface area (Å²) < 4.78 is 16.5. The van der Waals surface area contributed by atoms with Gasteiger partial charge in [-0.2, -0.15) is 0 Å². The van der Waals surface area contributed by atoms with E-state index in [0.717, 1.165) is 6.42 Å². The van der Waals surface area contributed by atoms with Crippen molar-refractivity contribution in [2.24, 2.45) is 0 Å². The minimum Gasteiger partial charge on any atom is -0.496 e. The predicted molar refractivity (Wildman–Crippen MR) is 96.0 cm³/mol. The maximum absolute atomic E-state index is 12.5. The first-order chi connectivity index (χ1) is 12.5. The van der Waals surface area contributed by atoms with Crippen molar-refractivity contribution in [3.05, 3.63) is 34.9 Å². The maximum Gasteiger partial charge on any atom is 0.306 e. The van der Waals surface area contributed by atoms with Crippen molar-refractivity contribution in [2.75, 3.05) is 14.2 Å². The molecule has 1 aliphatic carbocycles. The highest BCUT2D eigenvalue weighted by Crippen LogP contribution is 2.42. The fourth-order valence-corrected chi connectivity index (χ4v) is 3.04. The second-order valence-electron chi connectivity index (χ2n) is 6.03. The number of rotatable bonds is 8. The summed E-state index contributed by atoms with van der Waals surface area (Å²) in [7, 11) is 2.86. The Hall–Kier alpha value is -2.63. The van der Waals surface area contributed by atoms with Crippen LogP contribution in [0.5, 0.6) is 11.5 Å². The average Bonchev–Trinajstić information content (AvgIpc) is 2.63. The van der Waals surface area contributed by atoms with Gasteiger partial charge in [0.05, 0.1) is 25.3 Å². The molecule has 0 heterocycles. The highest BCUT2D eigenvalue weighted by Gasteiger charge is 2.32. The van der Waals surface area contributed by atoms with Crippen LogP contribution in [0.2, 0.25) is 0 Å². The third-order valence-electron chi connectivity index (χ3n) is 4.20. The molecule has 0 fully saturated rings. The Labute approximate surface area is 153 Å². The number of carbonyl (C=O) groups is 3. The number of ketones is 2. The van der Waals surface area contributed by atoms with Gasteiger partial charge in [0.1, 0.15) is 17.6 Å². The Kier molecular flexibility index (Phi) is 6.55. The topological polar surface area (TPSA) is 78.9 Å². The number of allylic oxidation sites excluding steroid dienone is 2. The molecule has 0 aromatic heterocycles. The highest BCUT2D eigenvalue weighted by atomic mass is 16.5. The van der Waals surface area contributed by atoms with Crippen molar-refractivity contribution >= 4 is 17.5 Å². The molecule has 0 N–H and O–H groups in total. The number of hydrogen-bond donors (Lipinski definition) is 0. The number of ether oxygens (including phenoxy) is 3. The van der Waals surface area contributed by atoms with E-state index in [2.05, 4.69) is 0 Å². The fraction of sp³-hybridized carbons (Fsp3) is 0.450. The summed E-state index contributed by atoms with van der Waals surface area (Å²) in [5.41, 5.74) is 0.864. The van der Waals surface area contributed by atoms with E-state index < -0.39 is 6.10 Å². The van der Waals surface area contributed by atoms with E-state index in [-0.39, 0.29) is 40.2 Å². The second-order valence-corrected chi connectivity index (χ2v) is 6.03. The van der Waals surface area contributed by atoms with E-state index >= 15 is 0 Å². The Morgan fingerprint density at radius 1 is 1.00 bits per heavy atom. The Balaban J connectivity index is 2.64. The van der Waals surface area contributed by atoms with E-state index in [9.17, 15) is 14.4 Å². The van der Waals surface area contributed by atoms with Gasteiger partial charge < -0.3 is 14.2 Å². The lowest BCUT2D eigenvalue weighted by Gasteiger charge is -2.24. The first kappa shape index (κ1) is 19.7. The molecule has 6 heteroatoms. The van der Waals surface area contributed by atoms with Crippen LogP contribution in [0.4, 0.5) is 0 Å². The third kappa shape index (κ3) is 3.79. The van der Waals surface area contributed by atoms with Gasteiger partial charge in [0.25, 0.3) is 0 Å². The van der Waals surface area contributed by atoms with Gasteiger partial charge in [-0.05, 0) is 31.1 Å². The summed E-state index contributed by atoms with van der Waals surface area (Å²) in [4.78, 5) is 36.8. The number of methoxy groups -OCH3 is 2. The zero-order chi connectivity index (χ0) is 19.3. The largest absolute Gasteiger partial charge is 0.496 e. The number of hydrogen-bond acceptors (Lipinski definition) is 6. The molecule has 0 amide bonds. The molecular formula is C20H24O6. The minimum atomic E-state index is -0.581. The lowest BCUT2D eigenvalue weighted by atomic mass is 9.88. The molecule has 1 aromatic carbocycles. The van der Waals surface area contributed by atoms with Crippen molar-refractivity contribution in [3.63, 3.8) is 0 Å². The predicted octanol–water partition coefficient (Wildman–Crippen LogP) is 3.82. The Morgan fingerprint density at radius 3 is 2.19 bits per heavy atom. The van der Waals surface area contributed by atoms with Crippen LogP contribution in [0.25, 0.3) is 0 Å². The van der Waals surface area contributed by atoms with Crippen LogP contribution in [0.15, 0.2) is 18.2 Å². The summed E-state index contributed by atoms with van der Waals surface area (Å²) >= 11 is 0. The zero-order valence-electron chi connectivity index (χ0n) is 15.6. The first-order valence-corrected chi connectivity index (χ1v) is 8.73. The van der Waals surface area contributed by atoms with Crippen molar-refractivity contribution in [1.29, 1.82) is 0 Å². The smallest absolute Gasteiger partial charge is 0.306 e. The van der Waals surface area contributed by atoms with Gasteiger partial charge in [0.15, 0.2) is 11.6 Å².